The lowest BCUT2D eigenvalue weighted by molar-refractivity contribution is 0.118. The number of nitrogen functional groups attached to an aromatic ring is 1. The summed E-state index contributed by atoms with van der Waals surface area (Å²) in [6.07, 6.45) is 3.02. The van der Waals surface area contributed by atoms with E-state index in [4.69, 9.17) is 10.5 Å². The number of likely N-dealkylation sites (N-methyl/N-ethyl adjacent to an activating group) is 1. The van der Waals surface area contributed by atoms with E-state index < -0.39 is 0 Å². The summed E-state index contributed by atoms with van der Waals surface area (Å²) >= 11 is 0. The van der Waals surface area contributed by atoms with Crippen molar-refractivity contribution in [2.45, 2.75) is 32.4 Å². The van der Waals surface area contributed by atoms with Crippen molar-refractivity contribution >= 4 is 11.8 Å². The molecule has 1 saturated heterocycles. The molecule has 2 atom stereocenters. The van der Waals surface area contributed by atoms with Gasteiger partial charge >= 0.3 is 0 Å². The number of rotatable bonds is 2. The van der Waals surface area contributed by atoms with Gasteiger partial charge in [-0.15, -0.1) is 0 Å². The first kappa shape index (κ1) is 11.1. The average Bonchev–Trinajstić information content (AvgIpc) is 2.67. The maximum atomic E-state index is 5.62. The molecule has 16 heavy (non-hydrogen) atoms. The number of nitrogens with two attached hydrogens (primary N) is 1. The van der Waals surface area contributed by atoms with E-state index in [1.807, 2.05) is 14.0 Å². The summed E-state index contributed by atoms with van der Waals surface area (Å²) in [5.41, 5.74) is 6.66. The zero-order valence-electron chi connectivity index (χ0n) is 9.97. The molecule has 0 bridgehead atoms. The number of aromatic nitrogens is 2. The van der Waals surface area contributed by atoms with Crippen molar-refractivity contribution in [2.75, 3.05) is 24.3 Å². The molecule has 5 heteroatoms. The van der Waals surface area contributed by atoms with Crippen LogP contribution in [0.5, 0.6) is 0 Å². The van der Waals surface area contributed by atoms with Crippen LogP contribution in [0.2, 0.25) is 0 Å². The first-order chi connectivity index (χ1) is 7.59. The summed E-state index contributed by atoms with van der Waals surface area (Å²) in [6.45, 7) is 4.90. The monoisotopic (exact) mass is 222 g/mol. The van der Waals surface area contributed by atoms with E-state index in [0.29, 0.717) is 12.0 Å². The normalized spacial score (nSPS) is 24.7. The summed E-state index contributed by atoms with van der Waals surface area (Å²) in [4.78, 5) is 10.4. The molecule has 88 valence electrons. The van der Waals surface area contributed by atoms with Gasteiger partial charge in [0.2, 0.25) is 5.95 Å². The van der Waals surface area contributed by atoms with Gasteiger partial charge in [0.1, 0.15) is 5.82 Å². The fourth-order valence-corrected chi connectivity index (χ4v) is 2.19. The van der Waals surface area contributed by atoms with Crippen molar-refractivity contribution in [2.24, 2.45) is 0 Å². The molecule has 1 aromatic rings. The van der Waals surface area contributed by atoms with E-state index in [1.165, 1.54) is 0 Å². The molecule has 1 aliphatic heterocycles. The molecule has 2 unspecified atom stereocenters. The summed E-state index contributed by atoms with van der Waals surface area (Å²) < 4.78 is 5.56. The number of hydrogen-bond acceptors (Lipinski definition) is 5. The minimum absolute atomic E-state index is 0.237. The second-order valence-corrected chi connectivity index (χ2v) is 4.28. The second kappa shape index (κ2) is 4.25. The fraction of sp³-hybridized carbons (Fsp3) is 0.636. The van der Waals surface area contributed by atoms with Gasteiger partial charge in [0.25, 0.3) is 0 Å². The number of hydrogen-bond donors (Lipinski definition) is 1. The van der Waals surface area contributed by atoms with Crippen LogP contribution >= 0.6 is 0 Å². The summed E-state index contributed by atoms with van der Waals surface area (Å²) in [5.74, 6) is 1.22. The topological polar surface area (TPSA) is 64.3 Å². The van der Waals surface area contributed by atoms with Crippen molar-refractivity contribution in [1.82, 2.24) is 9.97 Å². The third-order valence-corrected chi connectivity index (χ3v) is 3.13. The summed E-state index contributed by atoms with van der Waals surface area (Å²) in [6, 6.07) is 0.369. The van der Waals surface area contributed by atoms with Crippen molar-refractivity contribution in [1.29, 1.82) is 0 Å². The molecule has 0 saturated carbocycles. The van der Waals surface area contributed by atoms with Gasteiger partial charge in [-0.2, -0.15) is 4.98 Å². The Morgan fingerprint density at radius 2 is 2.31 bits per heavy atom. The van der Waals surface area contributed by atoms with E-state index in [9.17, 15) is 0 Å². The average molecular weight is 222 g/mol. The van der Waals surface area contributed by atoms with Crippen LogP contribution in [0.1, 0.15) is 18.9 Å². The van der Waals surface area contributed by atoms with Crippen LogP contribution in [0.15, 0.2) is 6.20 Å². The largest absolute Gasteiger partial charge is 0.376 e. The number of nitrogens with zero attached hydrogens (tertiary/aromatic N) is 3. The molecule has 0 amide bonds. The van der Waals surface area contributed by atoms with Crippen LogP contribution in [-0.2, 0) is 4.74 Å². The van der Waals surface area contributed by atoms with Crippen LogP contribution < -0.4 is 10.6 Å². The molecule has 1 aliphatic rings. The van der Waals surface area contributed by atoms with Crippen LogP contribution in [0.25, 0.3) is 0 Å². The highest BCUT2D eigenvalue weighted by molar-refractivity contribution is 5.48. The zero-order chi connectivity index (χ0) is 11.7. The fourth-order valence-electron chi connectivity index (χ4n) is 2.19. The van der Waals surface area contributed by atoms with Gasteiger partial charge in [0, 0.05) is 25.4 Å². The molecular formula is C11H18N4O. The number of aryl methyl sites for hydroxylation is 1. The lowest BCUT2D eigenvalue weighted by atomic mass is 10.1. The molecule has 0 radical (unpaired) electrons. The Bertz CT molecular complexity index is 382. The van der Waals surface area contributed by atoms with Crippen LogP contribution in [0.3, 0.4) is 0 Å². The Balaban J connectivity index is 2.25. The Hall–Kier alpha value is -1.36. The lowest BCUT2D eigenvalue weighted by Gasteiger charge is -2.28. The summed E-state index contributed by atoms with van der Waals surface area (Å²) in [5, 5.41) is 0. The second-order valence-electron chi connectivity index (χ2n) is 4.28. The van der Waals surface area contributed by atoms with Crippen molar-refractivity contribution in [3.8, 4) is 0 Å². The molecule has 0 spiro atoms. The van der Waals surface area contributed by atoms with Crippen LogP contribution in [-0.4, -0.2) is 35.8 Å². The van der Waals surface area contributed by atoms with Gasteiger partial charge in [-0.05, 0) is 20.3 Å². The minimum atomic E-state index is 0.237. The van der Waals surface area contributed by atoms with E-state index in [0.717, 1.165) is 24.4 Å². The number of ether oxygens (including phenoxy) is 1. The minimum Gasteiger partial charge on any atom is -0.376 e. The highest BCUT2D eigenvalue weighted by Gasteiger charge is 2.29. The van der Waals surface area contributed by atoms with Gasteiger partial charge in [0.15, 0.2) is 0 Å². The van der Waals surface area contributed by atoms with Crippen LogP contribution in [0.4, 0.5) is 11.8 Å². The molecule has 5 nitrogen and oxygen atoms in total. The standard InChI is InChI=1S/C11H18N4O/c1-7-6-13-11(12)14-10(7)15(3)9-4-5-16-8(9)2/h6,8-9H,4-5H2,1-3H3,(H2,12,13,14). The van der Waals surface area contributed by atoms with E-state index in [-0.39, 0.29) is 6.10 Å². The lowest BCUT2D eigenvalue weighted by Crippen LogP contribution is -2.37. The Kier molecular flexibility index (Phi) is 2.96. The molecule has 2 rings (SSSR count). The van der Waals surface area contributed by atoms with Crippen molar-refractivity contribution in [3.05, 3.63) is 11.8 Å². The maximum Gasteiger partial charge on any atom is 0.221 e. The molecule has 2 N–H and O–H groups in total. The van der Waals surface area contributed by atoms with Gasteiger partial charge < -0.3 is 15.4 Å². The van der Waals surface area contributed by atoms with Gasteiger partial charge in [-0.3, -0.25) is 0 Å². The molecule has 1 aromatic heterocycles. The third-order valence-electron chi connectivity index (χ3n) is 3.13. The van der Waals surface area contributed by atoms with Gasteiger partial charge in [0.05, 0.1) is 12.1 Å². The smallest absolute Gasteiger partial charge is 0.221 e. The Labute approximate surface area is 95.6 Å². The van der Waals surface area contributed by atoms with Crippen LogP contribution in [0, 0.1) is 6.92 Å². The van der Waals surface area contributed by atoms with Gasteiger partial charge in [-0.25, -0.2) is 4.98 Å². The van der Waals surface area contributed by atoms with Gasteiger partial charge in [-0.1, -0.05) is 0 Å². The molecular weight excluding hydrogens is 204 g/mol. The summed E-state index contributed by atoms with van der Waals surface area (Å²) in [7, 11) is 2.03. The third kappa shape index (κ3) is 1.95. The number of anilines is 2. The zero-order valence-corrected chi connectivity index (χ0v) is 9.97. The molecule has 1 fully saturated rings. The molecule has 0 aromatic carbocycles. The highest BCUT2D eigenvalue weighted by Crippen LogP contribution is 2.25. The quantitative estimate of drug-likeness (QED) is 0.808. The van der Waals surface area contributed by atoms with Crippen molar-refractivity contribution < 1.29 is 4.74 Å². The Morgan fingerprint density at radius 3 is 2.94 bits per heavy atom. The van der Waals surface area contributed by atoms with E-state index in [1.54, 1.807) is 6.20 Å². The first-order valence-electron chi connectivity index (χ1n) is 5.53. The Morgan fingerprint density at radius 1 is 1.56 bits per heavy atom. The van der Waals surface area contributed by atoms with E-state index in [2.05, 4.69) is 21.8 Å². The molecule has 0 aliphatic carbocycles. The predicted molar refractivity (Wildman–Crippen MR) is 63.4 cm³/mol. The SMILES string of the molecule is Cc1cnc(N)nc1N(C)C1CCOC1C. The highest BCUT2D eigenvalue weighted by atomic mass is 16.5. The molecule has 2 heterocycles. The van der Waals surface area contributed by atoms with E-state index >= 15 is 0 Å². The first-order valence-corrected chi connectivity index (χ1v) is 5.53. The van der Waals surface area contributed by atoms with Crippen molar-refractivity contribution in [3.63, 3.8) is 0 Å². The predicted octanol–water partition coefficient (Wildman–Crippen LogP) is 0.981. The maximum absolute atomic E-state index is 5.62.